The third kappa shape index (κ3) is 2.32. The van der Waals surface area contributed by atoms with Crippen molar-refractivity contribution >= 4 is 0 Å². The van der Waals surface area contributed by atoms with Crippen LogP contribution < -0.4 is 5.73 Å². The molecule has 0 saturated heterocycles. The molecule has 0 aromatic carbocycles. The second-order valence-corrected chi connectivity index (χ2v) is 4.27. The highest BCUT2D eigenvalue weighted by molar-refractivity contribution is 4.90. The second-order valence-electron chi connectivity index (χ2n) is 4.27. The van der Waals surface area contributed by atoms with Crippen LogP contribution in [0.5, 0.6) is 0 Å². The number of rotatable bonds is 5. The number of nitrogens with two attached hydrogens (primary N) is 1. The monoisotopic (exact) mass is 210 g/mol. The Hall–Kier alpha value is -1.01. The Balaban J connectivity index is 2.00. The lowest BCUT2D eigenvalue weighted by Crippen LogP contribution is -2.35. The van der Waals surface area contributed by atoms with E-state index in [1.807, 2.05) is 11.7 Å². The van der Waals surface area contributed by atoms with Crippen LogP contribution in [-0.2, 0) is 6.54 Å². The van der Waals surface area contributed by atoms with Gasteiger partial charge in [0.25, 0.3) is 0 Å². The van der Waals surface area contributed by atoms with Crippen molar-refractivity contribution in [3.63, 3.8) is 0 Å². The fourth-order valence-electron chi connectivity index (χ4n) is 1.48. The van der Waals surface area contributed by atoms with Crippen molar-refractivity contribution in [3.05, 3.63) is 5.82 Å². The average molecular weight is 210 g/mol. The van der Waals surface area contributed by atoms with Crippen LogP contribution >= 0.6 is 0 Å². The van der Waals surface area contributed by atoms with E-state index in [1.54, 1.807) is 0 Å². The first kappa shape index (κ1) is 10.5. The highest BCUT2D eigenvalue weighted by Crippen LogP contribution is 2.34. The standard InChI is InChI=1S/C9H18N6/c1-7(5-10)14(2)6-9-11-12-13-15(9)8-3-4-8/h7-8H,3-6,10H2,1-2H3. The summed E-state index contributed by atoms with van der Waals surface area (Å²) in [6, 6.07) is 0.894. The number of aromatic nitrogens is 4. The molecule has 1 aliphatic rings. The van der Waals surface area contributed by atoms with Gasteiger partial charge in [0.1, 0.15) is 0 Å². The molecule has 0 aliphatic heterocycles. The van der Waals surface area contributed by atoms with Crippen molar-refractivity contribution in [1.29, 1.82) is 0 Å². The van der Waals surface area contributed by atoms with E-state index in [0.717, 1.165) is 12.4 Å². The van der Waals surface area contributed by atoms with Crippen LogP contribution in [0.2, 0.25) is 0 Å². The Morgan fingerprint density at radius 1 is 1.60 bits per heavy atom. The summed E-state index contributed by atoms with van der Waals surface area (Å²) in [5.74, 6) is 0.945. The molecule has 1 aliphatic carbocycles. The van der Waals surface area contributed by atoms with E-state index in [-0.39, 0.29) is 0 Å². The molecule has 1 heterocycles. The molecule has 2 N–H and O–H groups in total. The van der Waals surface area contributed by atoms with Crippen LogP contribution in [0.15, 0.2) is 0 Å². The van der Waals surface area contributed by atoms with Crippen molar-refractivity contribution in [3.8, 4) is 0 Å². The Labute approximate surface area is 89.4 Å². The van der Waals surface area contributed by atoms with Gasteiger partial charge in [-0.25, -0.2) is 4.68 Å². The minimum absolute atomic E-state index is 0.356. The first-order valence-electron chi connectivity index (χ1n) is 5.39. The van der Waals surface area contributed by atoms with Crippen LogP contribution in [0.25, 0.3) is 0 Å². The molecule has 1 unspecified atom stereocenters. The molecule has 0 spiro atoms. The van der Waals surface area contributed by atoms with Crippen molar-refractivity contribution in [2.75, 3.05) is 13.6 Å². The lowest BCUT2D eigenvalue weighted by Gasteiger charge is -2.22. The predicted octanol–water partition coefficient (Wildman–Crippen LogP) is -0.213. The number of likely N-dealkylation sites (N-methyl/N-ethyl adjacent to an activating group) is 1. The van der Waals surface area contributed by atoms with Gasteiger partial charge >= 0.3 is 0 Å². The van der Waals surface area contributed by atoms with Crippen LogP contribution in [0, 0.1) is 0 Å². The third-order valence-corrected chi connectivity index (χ3v) is 2.94. The second kappa shape index (κ2) is 4.24. The van der Waals surface area contributed by atoms with Crippen molar-refractivity contribution in [2.45, 2.75) is 38.4 Å². The number of nitrogens with zero attached hydrogens (tertiary/aromatic N) is 5. The van der Waals surface area contributed by atoms with Gasteiger partial charge in [0, 0.05) is 12.6 Å². The first-order valence-corrected chi connectivity index (χ1v) is 5.39. The maximum absolute atomic E-state index is 5.61. The summed E-state index contributed by atoms with van der Waals surface area (Å²) in [7, 11) is 2.05. The topological polar surface area (TPSA) is 72.9 Å². The van der Waals surface area contributed by atoms with Gasteiger partial charge in [-0.3, -0.25) is 4.90 Å². The van der Waals surface area contributed by atoms with Gasteiger partial charge in [0.2, 0.25) is 0 Å². The van der Waals surface area contributed by atoms with E-state index in [4.69, 9.17) is 5.73 Å². The summed E-state index contributed by atoms with van der Waals surface area (Å²) in [4.78, 5) is 2.17. The molecule has 0 amide bonds. The Morgan fingerprint density at radius 2 is 2.33 bits per heavy atom. The maximum atomic E-state index is 5.61. The third-order valence-electron chi connectivity index (χ3n) is 2.94. The van der Waals surface area contributed by atoms with Crippen molar-refractivity contribution < 1.29 is 0 Å². The first-order chi connectivity index (χ1) is 7.22. The molecular formula is C9H18N6. The van der Waals surface area contributed by atoms with E-state index < -0.39 is 0 Å². The normalized spacial score (nSPS) is 18.4. The molecule has 1 atom stereocenters. The smallest absolute Gasteiger partial charge is 0.165 e. The van der Waals surface area contributed by atoms with E-state index >= 15 is 0 Å². The van der Waals surface area contributed by atoms with Crippen LogP contribution in [-0.4, -0.2) is 44.7 Å². The molecule has 1 saturated carbocycles. The number of hydrogen-bond donors (Lipinski definition) is 1. The lowest BCUT2D eigenvalue weighted by molar-refractivity contribution is 0.243. The minimum Gasteiger partial charge on any atom is -0.329 e. The zero-order chi connectivity index (χ0) is 10.8. The van der Waals surface area contributed by atoms with E-state index in [9.17, 15) is 0 Å². The zero-order valence-electron chi connectivity index (χ0n) is 9.30. The Kier molecular flexibility index (Phi) is 2.97. The average Bonchev–Trinajstić information content (AvgIpc) is 2.99. The van der Waals surface area contributed by atoms with Gasteiger partial charge in [0.05, 0.1) is 12.6 Å². The largest absolute Gasteiger partial charge is 0.329 e. The van der Waals surface area contributed by atoms with Crippen LogP contribution in [0.3, 0.4) is 0 Å². The molecular weight excluding hydrogens is 192 g/mol. The quantitative estimate of drug-likeness (QED) is 0.728. The van der Waals surface area contributed by atoms with Crippen LogP contribution in [0.4, 0.5) is 0 Å². The van der Waals surface area contributed by atoms with Gasteiger partial charge in [0.15, 0.2) is 5.82 Å². The SMILES string of the molecule is CC(CN)N(C)Cc1nnnn1C1CC1. The molecule has 1 aromatic heterocycles. The summed E-state index contributed by atoms with van der Waals surface area (Å²) < 4.78 is 1.94. The van der Waals surface area contributed by atoms with Gasteiger partial charge in [-0.05, 0) is 37.2 Å². The van der Waals surface area contributed by atoms with Crippen LogP contribution in [0.1, 0.15) is 31.6 Å². The van der Waals surface area contributed by atoms with Gasteiger partial charge in [-0.15, -0.1) is 5.10 Å². The Bertz CT molecular complexity index is 318. The molecule has 84 valence electrons. The summed E-state index contributed by atoms with van der Waals surface area (Å²) in [5, 5.41) is 11.8. The van der Waals surface area contributed by atoms with E-state index in [2.05, 4.69) is 27.3 Å². The fourth-order valence-corrected chi connectivity index (χ4v) is 1.48. The van der Waals surface area contributed by atoms with Crippen molar-refractivity contribution in [2.24, 2.45) is 5.73 Å². The van der Waals surface area contributed by atoms with E-state index in [0.29, 0.717) is 18.6 Å². The Morgan fingerprint density at radius 3 is 2.93 bits per heavy atom. The molecule has 6 heteroatoms. The number of hydrogen-bond acceptors (Lipinski definition) is 5. The fraction of sp³-hybridized carbons (Fsp3) is 0.889. The minimum atomic E-state index is 0.356. The molecule has 0 bridgehead atoms. The predicted molar refractivity (Wildman–Crippen MR) is 56.1 cm³/mol. The molecule has 6 nitrogen and oxygen atoms in total. The lowest BCUT2D eigenvalue weighted by atomic mass is 10.3. The van der Waals surface area contributed by atoms with E-state index in [1.165, 1.54) is 12.8 Å². The molecule has 2 rings (SSSR count). The highest BCUT2D eigenvalue weighted by Gasteiger charge is 2.28. The summed E-state index contributed by atoms with van der Waals surface area (Å²) in [6.07, 6.45) is 2.41. The zero-order valence-corrected chi connectivity index (χ0v) is 9.30. The molecule has 1 aromatic rings. The van der Waals surface area contributed by atoms with Gasteiger partial charge < -0.3 is 5.73 Å². The maximum Gasteiger partial charge on any atom is 0.165 e. The van der Waals surface area contributed by atoms with Gasteiger partial charge in [-0.1, -0.05) is 0 Å². The van der Waals surface area contributed by atoms with Crippen molar-refractivity contribution in [1.82, 2.24) is 25.1 Å². The summed E-state index contributed by atoms with van der Waals surface area (Å²) in [6.45, 7) is 3.52. The number of tetrazole rings is 1. The molecule has 15 heavy (non-hydrogen) atoms. The summed E-state index contributed by atoms with van der Waals surface area (Å²) in [5.41, 5.74) is 5.61. The summed E-state index contributed by atoms with van der Waals surface area (Å²) >= 11 is 0. The van der Waals surface area contributed by atoms with Gasteiger partial charge in [-0.2, -0.15) is 0 Å². The molecule has 0 radical (unpaired) electrons. The molecule has 1 fully saturated rings. The highest BCUT2D eigenvalue weighted by atomic mass is 15.6.